The minimum absolute atomic E-state index is 0.135. The first-order valence-corrected chi connectivity index (χ1v) is 5.53. The zero-order chi connectivity index (χ0) is 13.7. The lowest BCUT2D eigenvalue weighted by molar-refractivity contribution is -0.384. The summed E-state index contributed by atoms with van der Waals surface area (Å²) in [5, 5.41) is 10.6. The highest BCUT2D eigenvalue weighted by Gasteiger charge is 2.11. The Hall–Kier alpha value is -2.70. The van der Waals surface area contributed by atoms with E-state index in [9.17, 15) is 14.9 Å². The number of carbonyl (C=O) groups excluding carboxylic acids is 1. The van der Waals surface area contributed by atoms with Crippen LogP contribution in [0.25, 0.3) is 0 Å². The van der Waals surface area contributed by atoms with Crippen LogP contribution in [-0.4, -0.2) is 27.4 Å². The number of aldehydes is 1. The molecule has 0 fully saturated rings. The molecule has 7 nitrogen and oxygen atoms in total. The summed E-state index contributed by atoms with van der Waals surface area (Å²) in [6.45, 7) is 0.921. The number of hydrogen-bond acceptors (Lipinski definition) is 5. The highest BCUT2D eigenvalue weighted by atomic mass is 16.6. The van der Waals surface area contributed by atoms with Crippen LogP contribution in [0, 0.1) is 10.1 Å². The van der Waals surface area contributed by atoms with Gasteiger partial charge in [0.1, 0.15) is 12.4 Å². The van der Waals surface area contributed by atoms with E-state index in [-0.39, 0.29) is 11.3 Å². The van der Waals surface area contributed by atoms with E-state index in [4.69, 9.17) is 4.74 Å². The van der Waals surface area contributed by atoms with Gasteiger partial charge in [-0.3, -0.25) is 14.9 Å². The molecule has 2 aromatic rings. The fourth-order valence-corrected chi connectivity index (χ4v) is 1.55. The number of nitrogens with zero attached hydrogens (tertiary/aromatic N) is 3. The van der Waals surface area contributed by atoms with Crippen molar-refractivity contribution in [1.29, 1.82) is 0 Å². The van der Waals surface area contributed by atoms with E-state index in [0.29, 0.717) is 25.2 Å². The number of rotatable bonds is 6. The van der Waals surface area contributed by atoms with Gasteiger partial charge in [-0.15, -0.1) is 0 Å². The van der Waals surface area contributed by atoms with Gasteiger partial charge in [-0.25, -0.2) is 4.98 Å². The number of nitro benzene ring substituents is 1. The van der Waals surface area contributed by atoms with Crippen molar-refractivity contribution in [3.63, 3.8) is 0 Å². The monoisotopic (exact) mass is 261 g/mol. The average molecular weight is 261 g/mol. The van der Waals surface area contributed by atoms with E-state index in [0.717, 1.165) is 0 Å². The second-order valence-electron chi connectivity index (χ2n) is 3.75. The van der Waals surface area contributed by atoms with Crippen LogP contribution >= 0.6 is 0 Å². The smallest absolute Gasteiger partial charge is 0.270 e. The van der Waals surface area contributed by atoms with Crippen molar-refractivity contribution in [1.82, 2.24) is 9.55 Å². The zero-order valence-corrected chi connectivity index (χ0v) is 9.93. The Kier molecular flexibility index (Phi) is 3.87. The van der Waals surface area contributed by atoms with Crippen molar-refractivity contribution in [2.45, 2.75) is 6.54 Å². The molecule has 0 saturated heterocycles. The summed E-state index contributed by atoms with van der Waals surface area (Å²) in [5.74, 6) is 0.334. The predicted octanol–water partition coefficient (Wildman–Crippen LogP) is 1.68. The van der Waals surface area contributed by atoms with E-state index in [1.807, 2.05) is 4.57 Å². The number of aromatic nitrogens is 2. The Morgan fingerprint density at radius 2 is 2.32 bits per heavy atom. The first kappa shape index (κ1) is 12.7. The topological polar surface area (TPSA) is 87.3 Å². The number of benzene rings is 1. The van der Waals surface area contributed by atoms with E-state index >= 15 is 0 Å². The lowest BCUT2D eigenvalue weighted by atomic mass is 10.2. The molecule has 7 heteroatoms. The van der Waals surface area contributed by atoms with Crippen LogP contribution in [0.4, 0.5) is 5.69 Å². The fraction of sp³-hybridized carbons (Fsp3) is 0.167. The summed E-state index contributed by atoms with van der Waals surface area (Å²) >= 11 is 0. The molecule has 0 aliphatic heterocycles. The number of imidazole rings is 1. The number of carbonyl (C=O) groups is 1. The van der Waals surface area contributed by atoms with Crippen LogP contribution in [0.1, 0.15) is 10.4 Å². The van der Waals surface area contributed by atoms with Gasteiger partial charge >= 0.3 is 0 Å². The number of non-ortho nitro benzene ring substituents is 1. The minimum atomic E-state index is -0.553. The maximum absolute atomic E-state index is 10.9. The first-order valence-electron chi connectivity index (χ1n) is 5.53. The van der Waals surface area contributed by atoms with Crippen LogP contribution < -0.4 is 4.74 Å². The minimum Gasteiger partial charge on any atom is -0.491 e. The summed E-state index contributed by atoms with van der Waals surface area (Å²) < 4.78 is 7.26. The summed E-state index contributed by atoms with van der Waals surface area (Å²) in [7, 11) is 0. The van der Waals surface area contributed by atoms with Crippen molar-refractivity contribution in [2.24, 2.45) is 0 Å². The third kappa shape index (κ3) is 3.15. The van der Waals surface area contributed by atoms with Crippen molar-refractivity contribution in [3.05, 3.63) is 52.6 Å². The van der Waals surface area contributed by atoms with E-state index in [1.165, 1.54) is 18.2 Å². The van der Waals surface area contributed by atoms with Gasteiger partial charge in [0, 0.05) is 24.5 Å². The molecular weight excluding hydrogens is 250 g/mol. The molecule has 1 heterocycles. The molecule has 2 rings (SSSR count). The molecule has 0 aliphatic rings. The summed E-state index contributed by atoms with van der Waals surface area (Å²) in [5.41, 5.74) is 0.0314. The quantitative estimate of drug-likeness (QED) is 0.448. The third-order valence-electron chi connectivity index (χ3n) is 2.50. The summed E-state index contributed by atoms with van der Waals surface area (Å²) in [6, 6.07) is 3.93. The molecular formula is C12H11N3O4. The maximum Gasteiger partial charge on any atom is 0.270 e. The fourth-order valence-electron chi connectivity index (χ4n) is 1.55. The molecule has 0 unspecified atom stereocenters. The van der Waals surface area contributed by atoms with Crippen molar-refractivity contribution in [2.75, 3.05) is 6.61 Å². The van der Waals surface area contributed by atoms with Crippen LogP contribution in [0.2, 0.25) is 0 Å². The molecule has 0 aliphatic carbocycles. The lowest BCUT2D eigenvalue weighted by Crippen LogP contribution is -2.07. The molecule has 0 spiro atoms. The SMILES string of the molecule is O=Cc1cc([N+](=O)[O-])ccc1OCCn1ccnc1. The molecule has 0 atom stereocenters. The van der Waals surface area contributed by atoms with Crippen LogP contribution in [0.15, 0.2) is 36.9 Å². The molecule has 0 N–H and O–H groups in total. The highest BCUT2D eigenvalue weighted by molar-refractivity contribution is 5.80. The van der Waals surface area contributed by atoms with Crippen molar-refractivity contribution in [3.8, 4) is 5.75 Å². The van der Waals surface area contributed by atoms with Gasteiger partial charge in [0.15, 0.2) is 6.29 Å². The molecule has 0 amide bonds. The average Bonchev–Trinajstić information content (AvgIpc) is 2.92. The van der Waals surface area contributed by atoms with Gasteiger partial charge in [-0.05, 0) is 6.07 Å². The Bertz CT molecular complexity index is 581. The molecule has 1 aromatic heterocycles. The molecule has 0 radical (unpaired) electrons. The Morgan fingerprint density at radius 1 is 1.47 bits per heavy atom. The maximum atomic E-state index is 10.9. The Labute approximate surface area is 108 Å². The van der Waals surface area contributed by atoms with Crippen LogP contribution in [0.3, 0.4) is 0 Å². The molecule has 19 heavy (non-hydrogen) atoms. The normalized spacial score (nSPS) is 10.1. The van der Waals surface area contributed by atoms with Crippen molar-refractivity contribution < 1.29 is 14.5 Å². The Morgan fingerprint density at radius 3 is 2.95 bits per heavy atom. The number of ether oxygens (including phenoxy) is 1. The molecule has 0 saturated carbocycles. The van der Waals surface area contributed by atoms with E-state index in [2.05, 4.69) is 4.98 Å². The van der Waals surface area contributed by atoms with E-state index in [1.54, 1.807) is 18.7 Å². The summed E-state index contributed by atoms with van der Waals surface area (Å²) in [6.07, 6.45) is 5.64. The van der Waals surface area contributed by atoms with E-state index < -0.39 is 4.92 Å². The standard InChI is InChI=1S/C12H11N3O4/c16-8-10-7-11(15(17)18)1-2-12(10)19-6-5-14-4-3-13-9-14/h1-4,7-9H,5-6H2. The second kappa shape index (κ2) is 5.76. The van der Waals surface area contributed by atoms with Crippen molar-refractivity contribution >= 4 is 12.0 Å². The molecule has 98 valence electrons. The van der Waals surface area contributed by atoms with Gasteiger partial charge in [-0.2, -0.15) is 0 Å². The van der Waals surface area contributed by atoms with Gasteiger partial charge in [0.2, 0.25) is 0 Å². The number of nitro groups is 1. The van der Waals surface area contributed by atoms with Crippen LogP contribution in [0.5, 0.6) is 5.75 Å². The predicted molar refractivity (Wildman–Crippen MR) is 66.2 cm³/mol. The zero-order valence-electron chi connectivity index (χ0n) is 9.93. The third-order valence-corrected chi connectivity index (χ3v) is 2.50. The van der Waals surface area contributed by atoms with Gasteiger partial charge < -0.3 is 9.30 Å². The lowest BCUT2D eigenvalue weighted by Gasteiger charge is -2.08. The molecule has 1 aromatic carbocycles. The Balaban J connectivity index is 2.03. The van der Waals surface area contributed by atoms with Crippen LogP contribution in [-0.2, 0) is 6.54 Å². The second-order valence-corrected chi connectivity index (χ2v) is 3.75. The van der Waals surface area contributed by atoms with Gasteiger partial charge in [-0.1, -0.05) is 0 Å². The molecule has 0 bridgehead atoms. The van der Waals surface area contributed by atoms with Gasteiger partial charge in [0.05, 0.1) is 23.4 Å². The van der Waals surface area contributed by atoms with Gasteiger partial charge in [0.25, 0.3) is 5.69 Å². The number of hydrogen-bond donors (Lipinski definition) is 0. The summed E-state index contributed by atoms with van der Waals surface area (Å²) in [4.78, 5) is 24.8. The highest BCUT2D eigenvalue weighted by Crippen LogP contribution is 2.22. The largest absolute Gasteiger partial charge is 0.491 e. The first-order chi connectivity index (χ1) is 9.20.